The highest BCUT2D eigenvalue weighted by Gasteiger charge is 2.29. The van der Waals surface area contributed by atoms with E-state index in [9.17, 15) is 4.79 Å². The average molecular weight is 202 g/mol. The summed E-state index contributed by atoms with van der Waals surface area (Å²) >= 11 is 0. The quantitative estimate of drug-likeness (QED) is 0.465. The number of rotatable bonds is 7. The second kappa shape index (κ2) is 6.56. The maximum atomic E-state index is 10.8. The van der Waals surface area contributed by atoms with Crippen LogP contribution in [-0.2, 0) is 9.53 Å². The third-order valence-corrected chi connectivity index (χ3v) is 2.14. The van der Waals surface area contributed by atoms with Crippen LogP contribution in [0.3, 0.4) is 0 Å². The van der Waals surface area contributed by atoms with Crippen LogP contribution in [0.25, 0.3) is 0 Å². The van der Waals surface area contributed by atoms with Gasteiger partial charge in [0.15, 0.2) is 0 Å². The van der Waals surface area contributed by atoms with Crippen molar-refractivity contribution in [2.24, 2.45) is 5.41 Å². The Morgan fingerprint density at radius 1 is 1.50 bits per heavy atom. The molecule has 4 heteroatoms. The number of carbonyl (C=O) groups excluding carboxylic acids is 1. The Morgan fingerprint density at radius 2 is 2.07 bits per heavy atom. The first-order valence-corrected chi connectivity index (χ1v) is 4.65. The number of ether oxygens (including phenoxy) is 1. The molecule has 0 spiro atoms. The van der Waals surface area contributed by atoms with Crippen LogP contribution in [0, 0.1) is 5.41 Å². The first-order chi connectivity index (χ1) is 6.64. The normalized spacial score (nSPS) is 11.1. The summed E-state index contributed by atoms with van der Waals surface area (Å²) in [5.41, 5.74) is -0.715. The van der Waals surface area contributed by atoms with Gasteiger partial charge in [0.1, 0.15) is 6.61 Å². The van der Waals surface area contributed by atoms with Gasteiger partial charge in [-0.3, -0.25) is 0 Å². The predicted molar refractivity (Wildman–Crippen MR) is 52.7 cm³/mol. The van der Waals surface area contributed by atoms with E-state index in [1.165, 1.54) is 0 Å². The van der Waals surface area contributed by atoms with Gasteiger partial charge in [-0.15, -0.1) is 0 Å². The monoisotopic (exact) mass is 202 g/mol. The van der Waals surface area contributed by atoms with E-state index < -0.39 is 11.4 Å². The molecule has 2 N–H and O–H groups in total. The summed E-state index contributed by atoms with van der Waals surface area (Å²) in [6, 6.07) is 0. The van der Waals surface area contributed by atoms with Gasteiger partial charge in [0.25, 0.3) is 0 Å². The fourth-order valence-electron chi connectivity index (χ4n) is 1.19. The molecule has 0 aliphatic rings. The highest BCUT2D eigenvalue weighted by atomic mass is 16.5. The summed E-state index contributed by atoms with van der Waals surface area (Å²) in [7, 11) is 0. The number of esters is 1. The molecule has 0 saturated carbocycles. The van der Waals surface area contributed by atoms with Gasteiger partial charge in [0.2, 0.25) is 0 Å². The van der Waals surface area contributed by atoms with Gasteiger partial charge in [-0.05, 0) is 6.42 Å². The van der Waals surface area contributed by atoms with E-state index in [1.54, 1.807) is 0 Å². The minimum Gasteiger partial charge on any atom is -0.462 e. The molecule has 0 aliphatic carbocycles. The van der Waals surface area contributed by atoms with Gasteiger partial charge in [-0.25, -0.2) is 4.79 Å². The molecule has 0 radical (unpaired) electrons. The molecule has 0 fully saturated rings. The van der Waals surface area contributed by atoms with Crippen LogP contribution in [0.15, 0.2) is 12.7 Å². The topological polar surface area (TPSA) is 66.8 Å². The highest BCUT2D eigenvalue weighted by Crippen LogP contribution is 2.23. The largest absolute Gasteiger partial charge is 0.462 e. The summed E-state index contributed by atoms with van der Waals surface area (Å²) in [6.07, 6.45) is 2.49. The zero-order chi connectivity index (χ0) is 11.0. The van der Waals surface area contributed by atoms with Crippen LogP contribution < -0.4 is 0 Å². The van der Waals surface area contributed by atoms with Crippen LogP contribution in [0.2, 0.25) is 0 Å². The molecule has 0 heterocycles. The number of carbonyl (C=O) groups is 1. The first-order valence-electron chi connectivity index (χ1n) is 4.65. The van der Waals surface area contributed by atoms with Gasteiger partial charge >= 0.3 is 5.97 Å². The summed E-state index contributed by atoms with van der Waals surface area (Å²) in [6.45, 7) is 4.84. The molecule has 14 heavy (non-hydrogen) atoms. The van der Waals surface area contributed by atoms with E-state index in [2.05, 4.69) is 6.58 Å². The molecular weight excluding hydrogens is 184 g/mol. The SMILES string of the molecule is C=CC(=O)OCC(CO)(CO)CCC. The molecule has 0 bridgehead atoms. The van der Waals surface area contributed by atoms with Gasteiger partial charge in [-0.2, -0.15) is 0 Å². The zero-order valence-electron chi connectivity index (χ0n) is 8.53. The van der Waals surface area contributed by atoms with Crippen molar-refractivity contribution in [3.8, 4) is 0 Å². The Kier molecular flexibility index (Phi) is 6.16. The summed E-state index contributed by atoms with van der Waals surface area (Å²) in [5.74, 6) is -0.535. The Bertz CT molecular complexity index is 185. The third kappa shape index (κ3) is 3.89. The van der Waals surface area contributed by atoms with E-state index >= 15 is 0 Å². The van der Waals surface area contributed by atoms with Crippen LogP contribution in [0.4, 0.5) is 0 Å². The number of hydrogen-bond acceptors (Lipinski definition) is 4. The van der Waals surface area contributed by atoms with Crippen molar-refractivity contribution in [1.29, 1.82) is 0 Å². The van der Waals surface area contributed by atoms with E-state index in [0.29, 0.717) is 6.42 Å². The fourth-order valence-corrected chi connectivity index (χ4v) is 1.19. The molecule has 0 unspecified atom stereocenters. The lowest BCUT2D eigenvalue weighted by Gasteiger charge is -2.28. The molecule has 0 atom stereocenters. The van der Waals surface area contributed by atoms with Crippen LogP contribution >= 0.6 is 0 Å². The molecule has 0 aliphatic heterocycles. The Morgan fingerprint density at radius 3 is 2.43 bits per heavy atom. The lowest BCUT2D eigenvalue weighted by molar-refractivity contribution is -0.144. The van der Waals surface area contributed by atoms with Crippen LogP contribution in [0.5, 0.6) is 0 Å². The van der Waals surface area contributed by atoms with Crippen molar-refractivity contribution in [2.45, 2.75) is 19.8 Å². The zero-order valence-corrected chi connectivity index (χ0v) is 8.53. The van der Waals surface area contributed by atoms with Crippen molar-refractivity contribution < 1.29 is 19.7 Å². The fraction of sp³-hybridized carbons (Fsp3) is 0.700. The average Bonchev–Trinajstić information content (AvgIpc) is 2.24. The maximum Gasteiger partial charge on any atom is 0.330 e. The number of hydrogen-bond donors (Lipinski definition) is 2. The second-order valence-electron chi connectivity index (χ2n) is 3.38. The van der Waals surface area contributed by atoms with Crippen molar-refractivity contribution in [3.63, 3.8) is 0 Å². The number of aliphatic hydroxyl groups is 2. The van der Waals surface area contributed by atoms with Crippen LogP contribution in [0.1, 0.15) is 19.8 Å². The molecule has 0 aromatic heterocycles. The smallest absolute Gasteiger partial charge is 0.330 e. The lowest BCUT2D eigenvalue weighted by atomic mass is 9.86. The van der Waals surface area contributed by atoms with Gasteiger partial charge in [0, 0.05) is 6.08 Å². The number of aliphatic hydroxyl groups excluding tert-OH is 2. The first kappa shape index (κ1) is 13.1. The molecular formula is C10H18O4. The van der Waals surface area contributed by atoms with E-state index in [1.807, 2.05) is 6.92 Å². The second-order valence-corrected chi connectivity index (χ2v) is 3.38. The third-order valence-electron chi connectivity index (χ3n) is 2.14. The molecule has 0 rings (SSSR count). The van der Waals surface area contributed by atoms with Crippen molar-refractivity contribution in [1.82, 2.24) is 0 Å². The van der Waals surface area contributed by atoms with Gasteiger partial charge < -0.3 is 14.9 Å². The lowest BCUT2D eigenvalue weighted by Crippen LogP contribution is -2.35. The molecule has 0 amide bonds. The molecule has 82 valence electrons. The van der Waals surface area contributed by atoms with E-state index in [-0.39, 0.29) is 19.8 Å². The Balaban J connectivity index is 4.19. The van der Waals surface area contributed by atoms with Crippen molar-refractivity contribution in [3.05, 3.63) is 12.7 Å². The van der Waals surface area contributed by atoms with Crippen LogP contribution in [-0.4, -0.2) is 36.0 Å². The van der Waals surface area contributed by atoms with Gasteiger partial charge in [0.05, 0.1) is 18.6 Å². The van der Waals surface area contributed by atoms with Crippen molar-refractivity contribution >= 4 is 5.97 Å². The Labute approximate surface area is 84.2 Å². The highest BCUT2D eigenvalue weighted by molar-refractivity contribution is 5.81. The Hall–Kier alpha value is -0.870. The minimum absolute atomic E-state index is 0.0265. The van der Waals surface area contributed by atoms with Gasteiger partial charge in [-0.1, -0.05) is 19.9 Å². The molecule has 0 saturated heterocycles. The maximum absolute atomic E-state index is 10.8. The molecule has 0 aromatic carbocycles. The standard InChI is InChI=1S/C10H18O4/c1-3-5-10(6-11,7-12)8-14-9(13)4-2/h4,11-12H,2-3,5-8H2,1H3. The summed E-state index contributed by atoms with van der Waals surface area (Å²) in [5, 5.41) is 18.2. The predicted octanol–water partition coefficient (Wildman–Crippen LogP) is 0.487. The van der Waals surface area contributed by atoms with Crippen molar-refractivity contribution in [2.75, 3.05) is 19.8 Å². The van der Waals surface area contributed by atoms with E-state index in [4.69, 9.17) is 14.9 Å². The van der Waals surface area contributed by atoms with E-state index in [0.717, 1.165) is 12.5 Å². The summed E-state index contributed by atoms with van der Waals surface area (Å²) < 4.78 is 4.81. The molecule has 0 aromatic rings. The molecule has 4 nitrogen and oxygen atoms in total. The minimum atomic E-state index is -0.715. The summed E-state index contributed by atoms with van der Waals surface area (Å²) in [4.78, 5) is 10.8.